The lowest BCUT2D eigenvalue weighted by atomic mass is 9.85. The van der Waals surface area contributed by atoms with E-state index in [-0.39, 0.29) is 31.1 Å². The van der Waals surface area contributed by atoms with Gasteiger partial charge in [-0.1, -0.05) is 31.5 Å². The Balaban J connectivity index is 1.85. The highest BCUT2D eigenvalue weighted by molar-refractivity contribution is 7.17. The van der Waals surface area contributed by atoms with E-state index in [2.05, 4.69) is 17.6 Å². The Morgan fingerprint density at radius 2 is 1.93 bits per heavy atom. The monoisotopic (exact) mass is 428 g/mol. The van der Waals surface area contributed by atoms with Crippen LogP contribution in [0.4, 0.5) is 10.7 Å². The molecule has 0 saturated carbocycles. The van der Waals surface area contributed by atoms with E-state index in [1.165, 1.54) is 16.2 Å². The number of anilines is 2. The Morgan fingerprint density at radius 3 is 2.63 bits per heavy atom. The first-order valence-corrected chi connectivity index (χ1v) is 11.2. The molecule has 3 rings (SSSR count). The fourth-order valence-electron chi connectivity index (χ4n) is 3.82. The summed E-state index contributed by atoms with van der Waals surface area (Å²) in [6, 6.07) is 7.60. The van der Waals surface area contributed by atoms with E-state index >= 15 is 0 Å². The quantitative estimate of drug-likeness (QED) is 0.550. The molecule has 7 heteroatoms. The lowest BCUT2D eigenvalue weighted by Crippen LogP contribution is -2.20. The molecular weight excluding hydrogens is 400 g/mol. The molecule has 2 aromatic rings. The van der Waals surface area contributed by atoms with Crippen molar-refractivity contribution in [1.29, 1.82) is 0 Å². The van der Waals surface area contributed by atoms with Crippen LogP contribution in [0.15, 0.2) is 24.3 Å². The summed E-state index contributed by atoms with van der Waals surface area (Å²) < 4.78 is 0. The van der Waals surface area contributed by atoms with Crippen molar-refractivity contribution in [1.82, 2.24) is 0 Å². The number of carbonyl (C=O) groups is 3. The van der Waals surface area contributed by atoms with E-state index in [1.54, 1.807) is 0 Å². The molecule has 1 aliphatic carbocycles. The van der Waals surface area contributed by atoms with Crippen LogP contribution >= 0.6 is 11.3 Å². The van der Waals surface area contributed by atoms with Crippen LogP contribution in [-0.2, 0) is 22.4 Å². The van der Waals surface area contributed by atoms with Crippen LogP contribution in [0, 0.1) is 12.8 Å². The van der Waals surface area contributed by atoms with Crippen LogP contribution in [0.25, 0.3) is 0 Å². The summed E-state index contributed by atoms with van der Waals surface area (Å²) in [6.07, 6.45) is 4.23. The molecule has 3 N–H and O–H groups in total. The molecule has 1 aromatic heterocycles. The highest BCUT2D eigenvalue weighted by Gasteiger charge is 2.29. The average Bonchev–Trinajstić information content (AvgIpc) is 3.06. The van der Waals surface area contributed by atoms with E-state index in [9.17, 15) is 14.4 Å². The van der Waals surface area contributed by atoms with Gasteiger partial charge < -0.3 is 15.7 Å². The number of hydrogen-bond acceptors (Lipinski definition) is 4. The Bertz CT molecular complexity index is 951. The predicted octanol–water partition coefficient (Wildman–Crippen LogP) is 5.02. The van der Waals surface area contributed by atoms with Gasteiger partial charge in [-0.25, -0.2) is 0 Å². The molecule has 0 radical (unpaired) electrons. The van der Waals surface area contributed by atoms with Crippen LogP contribution in [0.5, 0.6) is 0 Å². The molecule has 1 aromatic carbocycles. The summed E-state index contributed by atoms with van der Waals surface area (Å²) in [7, 11) is 0. The van der Waals surface area contributed by atoms with E-state index in [1.807, 2.05) is 31.2 Å². The first-order valence-electron chi connectivity index (χ1n) is 10.4. The molecule has 160 valence electrons. The Kier molecular flexibility index (Phi) is 7.26. The van der Waals surface area contributed by atoms with Gasteiger partial charge in [0.25, 0.3) is 5.91 Å². The van der Waals surface area contributed by atoms with Crippen molar-refractivity contribution in [3.05, 3.63) is 45.8 Å². The molecule has 0 aliphatic heterocycles. The highest BCUT2D eigenvalue weighted by Crippen LogP contribution is 2.41. The third-order valence-electron chi connectivity index (χ3n) is 5.61. The van der Waals surface area contributed by atoms with Gasteiger partial charge in [0.15, 0.2) is 0 Å². The second-order valence-corrected chi connectivity index (χ2v) is 8.89. The fraction of sp³-hybridized carbons (Fsp3) is 0.435. The molecule has 0 saturated heterocycles. The standard InChI is InChI=1S/C23H28N2O4S/c1-3-15-11-12-16-18(13-15)30-23(25-19(26)9-6-10-20(27)28)21(16)22(29)24-17-8-5-4-7-14(17)2/h4-5,7-8,15H,3,6,9-13H2,1-2H3,(H,24,29)(H,25,26)(H,27,28)/t15-/m0/s1. The van der Waals surface area contributed by atoms with Crippen molar-refractivity contribution in [2.24, 2.45) is 5.92 Å². The predicted molar refractivity (Wildman–Crippen MR) is 119 cm³/mol. The Labute approximate surface area is 180 Å². The van der Waals surface area contributed by atoms with Gasteiger partial charge in [-0.05, 0) is 55.7 Å². The van der Waals surface area contributed by atoms with Gasteiger partial charge in [-0.2, -0.15) is 0 Å². The van der Waals surface area contributed by atoms with E-state index < -0.39 is 5.97 Å². The lowest BCUT2D eigenvalue weighted by molar-refractivity contribution is -0.137. The number of thiophene rings is 1. The van der Waals surface area contributed by atoms with Crippen molar-refractivity contribution in [3.63, 3.8) is 0 Å². The zero-order chi connectivity index (χ0) is 21.7. The number of aryl methyl sites for hydroxylation is 1. The number of carboxylic acid groups (broad SMARTS) is 1. The van der Waals surface area contributed by atoms with Gasteiger partial charge >= 0.3 is 5.97 Å². The van der Waals surface area contributed by atoms with Crippen LogP contribution in [0.3, 0.4) is 0 Å². The summed E-state index contributed by atoms with van der Waals surface area (Å²) in [5.74, 6) is -0.787. The topological polar surface area (TPSA) is 95.5 Å². The molecule has 0 spiro atoms. The first-order chi connectivity index (χ1) is 14.4. The number of para-hydroxylation sites is 1. The average molecular weight is 429 g/mol. The zero-order valence-corrected chi connectivity index (χ0v) is 18.2. The molecule has 1 heterocycles. The maximum Gasteiger partial charge on any atom is 0.303 e. The summed E-state index contributed by atoms with van der Waals surface area (Å²) in [6.45, 7) is 4.12. The van der Waals surface area contributed by atoms with Crippen molar-refractivity contribution in [2.45, 2.75) is 58.8 Å². The van der Waals surface area contributed by atoms with E-state index in [0.29, 0.717) is 16.5 Å². The van der Waals surface area contributed by atoms with Gasteiger partial charge in [0, 0.05) is 23.4 Å². The number of carboxylic acids is 1. The molecular formula is C23H28N2O4S. The minimum atomic E-state index is -0.918. The van der Waals surface area contributed by atoms with Crippen LogP contribution in [0.1, 0.15) is 65.4 Å². The molecule has 0 bridgehead atoms. The number of aliphatic carboxylic acids is 1. The number of benzene rings is 1. The summed E-state index contributed by atoms with van der Waals surface area (Å²) in [5.41, 5.74) is 3.32. The first kappa shape index (κ1) is 22.0. The second-order valence-electron chi connectivity index (χ2n) is 7.79. The summed E-state index contributed by atoms with van der Waals surface area (Å²) in [4.78, 5) is 37.5. The Morgan fingerprint density at radius 1 is 1.17 bits per heavy atom. The van der Waals surface area contributed by atoms with E-state index in [0.717, 1.165) is 42.5 Å². The highest BCUT2D eigenvalue weighted by atomic mass is 32.1. The largest absolute Gasteiger partial charge is 0.481 e. The molecule has 0 unspecified atom stereocenters. The van der Waals surface area contributed by atoms with Crippen LogP contribution in [-0.4, -0.2) is 22.9 Å². The van der Waals surface area contributed by atoms with E-state index in [4.69, 9.17) is 5.11 Å². The molecule has 6 nitrogen and oxygen atoms in total. The third-order valence-corrected chi connectivity index (χ3v) is 6.78. The fourth-order valence-corrected chi connectivity index (χ4v) is 5.19. The summed E-state index contributed by atoms with van der Waals surface area (Å²) in [5, 5.41) is 15.2. The normalized spacial score (nSPS) is 15.3. The minimum Gasteiger partial charge on any atom is -0.481 e. The number of carbonyl (C=O) groups excluding carboxylic acids is 2. The number of fused-ring (bicyclic) bond motifs is 1. The molecule has 1 aliphatic rings. The zero-order valence-electron chi connectivity index (χ0n) is 17.4. The minimum absolute atomic E-state index is 0.0484. The van der Waals surface area contributed by atoms with Gasteiger partial charge in [-0.3, -0.25) is 14.4 Å². The van der Waals surface area contributed by atoms with Crippen molar-refractivity contribution >= 4 is 39.8 Å². The van der Waals surface area contributed by atoms with Crippen molar-refractivity contribution in [3.8, 4) is 0 Å². The molecule has 30 heavy (non-hydrogen) atoms. The molecule has 2 amide bonds. The maximum atomic E-state index is 13.2. The summed E-state index contributed by atoms with van der Waals surface area (Å²) >= 11 is 1.48. The SMILES string of the molecule is CC[C@H]1CCc2c(sc(NC(=O)CCCC(=O)O)c2C(=O)Nc2ccccc2C)C1. The molecule has 0 fully saturated rings. The number of nitrogens with one attached hydrogen (secondary N) is 2. The van der Waals surface area contributed by atoms with Gasteiger partial charge in [-0.15, -0.1) is 11.3 Å². The lowest BCUT2D eigenvalue weighted by Gasteiger charge is -2.21. The van der Waals surface area contributed by atoms with Crippen molar-refractivity contribution < 1.29 is 19.5 Å². The van der Waals surface area contributed by atoms with Gasteiger partial charge in [0.2, 0.25) is 5.91 Å². The smallest absolute Gasteiger partial charge is 0.303 e. The van der Waals surface area contributed by atoms with Crippen molar-refractivity contribution in [2.75, 3.05) is 10.6 Å². The number of amides is 2. The third kappa shape index (κ3) is 5.27. The molecule has 1 atom stereocenters. The Hall–Kier alpha value is -2.67. The second kappa shape index (κ2) is 9.89. The van der Waals surface area contributed by atoms with Gasteiger partial charge in [0.1, 0.15) is 5.00 Å². The maximum absolute atomic E-state index is 13.2. The van der Waals surface area contributed by atoms with Crippen LogP contribution in [0.2, 0.25) is 0 Å². The van der Waals surface area contributed by atoms with Crippen LogP contribution < -0.4 is 10.6 Å². The van der Waals surface area contributed by atoms with Gasteiger partial charge in [0.05, 0.1) is 5.56 Å². The number of hydrogen-bond donors (Lipinski definition) is 3. The number of rotatable bonds is 8.